The van der Waals surface area contributed by atoms with Crippen LogP contribution in [0.25, 0.3) is 0 Å². The van der Waals surface area contributed by atoms with E-state index in [1.54, 1.807) is 30.5 Å². The van der Waals surface area contributed by atoms with Crippen LogP contribution in [0, 0.1) is 5.82 Å². The maximum Gasteiger partial charge on any atom is 0.274 e. The monoisotopic (exact) mass is 344 g/mol. The van der Waals surface area contributed by atoms with Crippen LogP contribution in [0.1, 0.15) is 29.4 Å². The van der Waals surface area contributed by atoms with Gasteiger partial charge in [-0.25, -0.2) is 4.39 Å². The molecule has 0 saturated heterocycles. The number of aliphatic imine (C=N–C) groups is 1. The number of hydrogen-bond acceptors (Lipinski definition) is 5. The molecular formula is C17H17FN4OS. The van der Waals surface area contributed by atoms with Gasteiger partial charge in [0.2, 0.25) is 0 Å². The third-order valence-electron chi connectivity index (χ3n) is 3.90. The van der Waals surface area contributed by atoms with Crippen molar-refractivity contribution in [1.82, 2.24) is 4.98 Å². The fourth-order valence-electron chi connectivity index (χ4n) is 2.59. The minimum Gasteiger partial charge on any atom is -0.379 e. The van der Waals surface area contributed by atoms with Crippen LogP contribution in [0.3, 0.4) is 0 Å². The average Bonchev–Trinajstić information content (AvgIpc) is 2.57. The molecular weight excluding hydrogens is 327 g/mol. The number of benzene rings is 1. The predicted octanol–water partition coefficient (Wildman–Crippen LogP) is 3.14. The Morgan fingerprint density at radius 1 is 1.38 bits per heavy atom. The van der Waals surface area contributed by atoms with Crippen molar-refractivity contribution in [2.24, 2.45) is 10.7 Å². The highest BCUT2D eigenvalue weighted by atomic mass is 32.2. The number of aromatic nitrogens is 1. The molecule has 1 atom stereocenters. The lowest BCUT2D eigenvalue weighted by atomic mass is 9.89. The van der Waals surface area contributed by atoms with E-state index in [1.807, 2.05) is 6.92 Å². The number of anilines is 1. The molecule has 1 aromatic heterocycles. The van der Waals surface area contributed by atoms with E-state index in [1.165, 1.54) is 23.9 Å². The number of nitrogens with zero attached hydrogens (tertiary/aromatic N) is 2. The van der Waals surface area contributed by atoms with Crippen molar-refractivity contribution < 1.29 is 9.18 Å². The van der Waals surface area contributed by atoms with E-state index in [9.17, 15) is 9.18 Å². The maximum atomic E-state index is 14.3. The van der Waals surface area contributed by atoms with Crippen LogP contribution in [0.15, 0.2) is 47.6 Å². The molecule has 1 aliphatic rings. The molecule has 0 aliphatic carbocycles. The van der Waals surface area contributed by atoms with Crippen molar-refractivity contribution in [2.45, 2.75) is 18.9 Å². The minimum atomic E-state index is -0.731. The molecule has 0 saturated carbocycles. The second-order valence-corrected chi connectivity index (χ2v) is 6.80. The minimum absolute atomic E-state index is 0.297. The Balaban J connectivity index is 1.90. The first kappa shape index (κ1) is 16.4. The van der Waals surface area contributed by atoms with Gasteiger partial charge < -0.3 is 11.1 Å². The summed E-state index contributed by atoms with van der Waals surface area (Å²) < 4.78 is 14.3. The van der Waals surface area contributed by atoms with Crippen molar-refractivity contribution in [3.63, 3.8) is 0 Å². The molecule has 3 N–H and O–H groups in total. The van der Waals surface area contributed by atoms with Crippen molar-refractivity contribution in [2.75, 3.05) is 11.1 Å². The number of amides is 1. The number of nitrogens with one attached hydrogen (secondary N) is 1. The lowest BCUT2D eigenvalue weighted by molar-refractivity contribution is 0.102. The van der Waals surface area contributed by atoms with Crippen molar-refractivity contribution in [1.29, 1.82) is 0 Å². The zero-order chi connectivity index (χ0) is 17.2. The number of carbonyl (C=O) groups is 1. The SMILES string of the molecule is CC1(c2cc(NC(=O)c3ccccn3)ccc2F)CCSC(N)=N1. The van der Waals surface area contributed by atoms with Crippen LogP contribution < -0.4 is 11.1 Å². The number of pyridine rings is 1. The number of nitrogens with two attached hydrogens (primary N) is 1. The summed E-state index contributed by atoms with van der Waals surface area (Å²) in [5, 5.41) is 3.19. The predicted molar refractivity (Wildman–Crippen MR) is 94.6 cm³/mol. The topological polar surface area (TPSA) is 80.4 Å². The summed E-state index contributed by atoms with van der Waals surface area (Å²) in [5.74, 6) is 0.0628. The number of halogens is 1. The van der Waals surface area contributed by atoms with Crippen LogP contribution in [0.5, 0.6) is 0 Å². The number of thioether (sulfide) groups is 1. The molecule has 1 unspecified atom stereocenters. The molecule has 24 heavy (non-hydrogen) atoms. The number of carbonyl (C=O) groups excluding carboxylic acids is 1. The third-order valence-corrected chi connectivity index (χ3v) is 4.69. The molecule has 5 nitrogen and oxygen atoms in total. The fraction of sp³-hybridized carbons (Fsp3) is 0.235. The van der Waals surface area contributed by atoms with E-state index in [-0.39, 0.29) is 11.7 Å². The van der Waals surface area contributed by atoms with Crippen LogP contribution in [0.4, 0.5) is 10.1 Å². The third kappa shape index (κ3) is 3.41. The maximum absolute atomic E-state index is 14.3. The van der Waals surface area contributed by atoms with Crippen LogP contribution in [0.2, 0.25) is 0 Å². The average molecular weight is 344 g/mol. The molecule has 0 spiro atoms. The van der Waals surface area contributed by atoms with E-state index in [0.29, 0.717) is 28.5 Å². The van der Waals surface area contributed by atoms with Crippen molar-refractivity contribution in [3.05, 3.63) is 59.7 Å². The quantitative estimate of drug-likeness (QED) is 0.896. The van der Waals surface area contributed by atoms with Crippen LogP contribution in [-0.4, -0.2) is 21.8 Å². The van der Waals surface area contributed by atoms with Gasteiger partial charge in [-0.3, -0.25) is 14.8 Å². The van der Waals surface area contributed by atoms with Gasteiger partial charge in [0.25, 0.3) is 5.91 Å². The second-order valence-electron chi connectivity index (χ2n) is 5.69. The Kier molecular flexibility index (Phi) is 4.53. The molecule has 1 aliphatic heterocycles. The first-order valence-corrected chi connectivity index (χ1v) is 8.47. The van der Waals surface area contributed by atoms with Gasteiger partial charge in [0, 0.05) is 23.2 Å². The standard InChI is InChI=1S/C17H17FN4OS/c1-17(7-9-24-16(19)22-17)12-10-11(5-6-13(12)18)21-15(23)14-4-2-3-8-20-14/h2-6,8,10H,7,9H2,1H3,(H2,19,22)(H,21,23). The van der Waals surface area contributed by atoms with E-state index < -0.39 is 5.54 Å². The van der Waals surface area contributed by atoms with Crippen molar-refractivity contribution in [3.8, 4) is 0 Å². The summed E-state index contributed by atoms with van der Waals surface area (Å²) in [6, 6.07) is 9.55. The Morgan fingerprint density at radius 3 is 2.92 bits per heavy atom. The van der Waals surface area contributed by atoms with E-state index in [0.717, 1.165) is 5.75 Å². The summed E-state index contributed by atoms with van der Waals surface area (Å²) in [6.45, 7) is 1.85. The Morgan fingerprint density at radius 2 is 2.21 bits per heavy atom. The smallest absolute Gasteiger partial charge is 0.274 e. The molecule has 0 bridgehead atoms. The summed E-state index contributed by atoms with van der Waals surface area (Å²) >= 11 is 1.46. The van der Waals surface area contributed by atoms with Crippen LogP contribution >= 0.6 is 11.8 Å². The number of hydrogen-bond donors (Lipinski definition) is 2. The van der Waals surface area contributed by atoms with Gasteiger partial charge in [-0.2, -0.15) is 0 Å². The normalized spacial score (nSPS) is 20.3. The Hall–Kier alpha value is -2.41. The van der Waals surface area contributed by atoms with Gasteiger partial charge in [0.05, 0.1) is 5.54 Å². The van der Waals surface area contributed by atoms with Gasteiger partial charge in [-0.1, -0.05) is 17.8 Å². The fourth-order valence-corrected chi connectivity index (χ4v) is 3.56. The molecule has 0 fully saturated rings. The zero-order valence-corrected chi connectivity index (χ0v) is 13.9. The molecule has 3 rings (SSSR count). The molecule has 2 aromatic rings. The van der Waals surface area contributed by atoms with Gasteiger partial charge >= 0.3 is 0 Å². The van der Waals surface area contributed by atoms with E-state index >= 15 is 0 Å². The summed E-state index contributed by atoms with van der Waals surface area (Å²) in [6.07, 6.45) is 2.22. The molecule has 2 heterocycles. The molecule has 1 amide bonds. The second kappa shape index (κ2) is 6.60. The molecule has 124 valence electrons. The van der Waals surface area contributed by atoms with Crippen molar-refractivity contribution >= 4 is 28.5 Å². The Bertz CT molecular complexity index is 796. The highest BCUT2D eigenvalue weighted by Gasteiger charge is 2.32. The van der Waals surface area contributed by atoms with Gasteiger partial charge in [0.15, 0.2) is 5.17 Å². The highest BCUT2D eigenvalue weighted by Crippen LogP contribution is 2.37. The van der Waals surface area contributed by atoms with Crippen LogP contribution in [-0.2, 0) is 5.54 Å². The molecule has 1 aromatic carbocycles. The van der Waals surface area contributed by atoms with E-state index in [4.69, 9.17) is 5.73 Å². The lowest BCUT2D eigenvalue weighted by Crippen LogP contribution is -2.29. The first-order chi connectivity index (χ1) is 11.5. The summed E-state index contributed by atoms with van der Waals surface area (Å²) in [7, 11) is 0. The first-order valence-electron chi connectivity index (χ1n) is 7.48. The zero-order valence-electron chi connectivity index (χ0n) is 13.1. The Labute approximate surface area is 143 Å². The summed E-state index contributed by atoms with van der Waals surface area (Å²) in [5.41, 5.74) is 6.29. The van der Waals surface area contributed by atoms with Gasteiger partial charge in [-0.15, -0.1) is 0 Å². The van der Waals surface area contributed by atoms with Gasteiger partial charge in [-0.05, 0) is 43.7 Å². The lowest BCUT2D eigenvalue weighted by Gasteiger charge is -2.30. The number of amidine groups is 1. The molecule has 7 heteroatoms. The number of rotatable bonds is 3. The molecule has 0 radical (unpaired) electrons. The van der Waals surface area contributed by atoms with Gasteiger partial charge in [0.1, 0.15) is 11.5 Å². The summed E-state index contributed by atoms with van der Waals surface area (Å²) in [4.78, 5) is 20.6. The highest BCUT2D eigenvalue weighted by molar-refractivity contribution is 8.13. The largest absolute Gasteiger partial charge is 0.379 e. The van der Waals surface area contributed by atoms with E-state index in [2.05, 4.69) is 15.3 Å².